The number of halogens is 2. The Morgan fingerprint density at radius 2 is 2.16 bits per heavy atom. The fraction of sp³-hybridized carbons (Fsp3) is 0.308. The van der Waals surface area contributed by atoms with Crippen LogP contribution in [0.1, 0.15) is 13.3 Å². The van der Waals surface area contributed by atoms with Crippen LogP contribution in [0.2, 0.25) is 0 Å². The van der Waals surface area contributed by atoms with Crippen molar-refractivity contribution in [3.63, 3.8) is 0 Å². The Morgan fingerprint density at radius 1 is 1.47 bits per heavy atom. The molecule has 0 spiro atoms. The molecule has 104 valence electrons. The average Bonchev–Trinajstić information content (AvgIpc) is 2.35. The van der Waals surface area contributed by atoms with Gasteiger partial charge in [0.15, 0.2) is 0 Å². The lowest BCUT2D eigenvalue weighted by molar-refractivity contribution is -0.132. The standard InChI is InChI=1S/C13H15F2NO3/c1-2-9(12(17)18)7-8-16-10-5-3-4-6-11(10)19-13(14)15/h3-7,13,16H,2,8H2,1H3,(H,17,18)/b9-7-. The lowest BCUT2D eigenvalue weighted by atomic mass is 10.2. The highest BCUT2D eigenvalue weighted by Crippen LogP contribution is 2.25. The summed E-state index contributed by atoms with van der Waals surface area (Å²) in [4.78, 5) is 10.8. The van der Waals surface area contributed by atoms with E-state index < -0.39 is 12.6 Å². The topological polar surface area (TPSA) is 58.6 Å². The Kier molecular flexibility index (Phi) is 5.78. The smallest absolute Gasteiger partial charge is 0.387 e. The van der Waals surface area contributed by atoms with Crippen LogP contribution in [0, 0.1) is 0 Å². The minimum atomic E-state index is -2.90. The average molecular weight is 271 g/mol. The number of para-hydroxylation sites is 2. The molecule has 4 nitrogen and oxygen atoms in total. The van der Waals surface area contributed by atoms with Gasteiger partial charge in [-0.05, 0) is 18.6 Å². The lowest BCUT2D eigenvalue weighted by Crippen LogP contribution is -2.08. The highest BCUT2D eigenvalue weighted by molar-refractivity contribution is 5.86. The van der Waals surface area contributed by atoms with Crippen molar-refractivity contribution in [2.45, 2.75) is 20.0 Å². The van der Waals surface area contributed by atoms with Crippen molar-refractivity contribution in [3.8, 4) is 5.75 Å². The second-order valence-electron chi connectivity index (χ2n) is 3.64. The third-order valence-corrected chi connectivity index (χ3v) is 2.40. The molecule has 0 heterocycles. The van der Waals surface area contributed by atoms with Gasteiger partial charge in [-0.15, -0.1) is 0 Å². The van der Waals surface area contributed by atoms with Crippen LogP contribution in [-0.4, -0.2) is 24.2 Å². The fourth-order valence-electron chi connectivity index (χ4n) is 1.48. The van der Waals surface area contributed by atoms with Crippen molar-refractivity contribution in [1.82, 2.24) is 0 Å². The Morgan fingerprint density at radius 3 is 2.74 bits per heavy atom. The van der Waals surface area contributed by atoms with Crippen molar-refractivity contribution >= 4 is 11.7 Å². The molecular formula is C13H15F2NO3. The predicted octanol–water partition coefficient (Wildman–Crippen LogP) is 3.12. The van der Waals surface area contributed by atoms with Crippen LogP contribution >= 0.6 is 0 Å². The van der Waals surface area contributed by atoms with Crippen LogP contribution in [0.4, 0.5) is 14.5 Å². The van der Waals surface area contributed by atoms with Gasteiger partial charge in [-0.25, -0.2) is 4.79 Å². The third kappa shape index (κ3) is 4.95. The highest BCUT2D eigenvalue weighted by Gasteiger charge is 2.08. The molecule has 0 saturated carbocycles. The molecule has 0 aliphatic rings. The molecule has 0 aliphatic carbocycles. The minimum Gasteiger partial charge on any atom is -0.478 e. The highest BCUT2D eigenvalue weighted by atomic mass is 19.3. The molecule has 0 bridgehead atoms. The predicted molar refractivity (Wildman–Crippen MR) is 67.6 cm³/mol. The van der Waals surface area contributed by atoms with E-state index in [9.17, 15) is 13.6 Å². The molecule has 0 atom stereocenters. The molecule has 0 fully saturated rings. The summed E-state index contributed by atoms with van der Waals surface area (Å²) in [7, 11) is 0. The first-order valence-electron chi connectivity index (χ1n) is 5.74. The first-order chi connectivity index (χ1) is 9.04. The number of ether oxygens (including phenoxy) is 1. The van der Waals surface area contributed by atoms with E-state index in [1.54, 1.807) is 25.1 Å². The van der Waals surface area contributed by atoms with Gasteiger partial charge in [-0.1, -0.05) is 25.1 Å². The quantitative estimate of drug-likeness (QED) is 0.748. The summed E-state index contributed by atoms with van der Waals surface area (Å²) >= 11 is 0. The van der Waals surface area contributed by atoms with Gasteiger partial charge in [0.05, 0.1) is 5.69 Å². The molecule has 0 aromatic heterocycles. The lowest BCUT2D eigenvalue weighted by Gasteiger charge is -2.11. The molecule has 19 heavy (non-hydrogen) atoms. The van der Waals surface area contributed by atoms with Gasteiger partial charge >= 0.3 is 12.6 Å². The van der Waals surface area contributed by atoms with Crippen LogP contribution in [0.3, 0.4) is 0 Å². The second kappa shape index (κ2) is 7.35. The molecule has 6 heteroatoms. The summed E-state index contributed by atoms with van der Waals surface area (Å²) in [6.07, 6.45) is 1.90. The number of nitrogens with one attached hydrogen (secondary N) is 1. The van der Waals surface area contributed by atoms with Crippen molar-refractivity contribution < 1.29 is 23.4 Å². The molecule has 2 N–H and O–H groups in total. The number of aliphatic carboxylic acids is 1. The number of hydrogen-bond donors (Lipinski definition) is 2. The van der Waals surface area contributed by atoms with Crippen molar-refractivity contribution in [3.05, 3.63) is 35.9 Å². The van der Waals surface area contributed by atoms with Gasteiger partial charge in [-0.2, -0.15) is 8.78 Å². The molecule has 1 rings (SSSR count). The Hall–Kier alpha value is -2.11. The van der Waals surface area contributed by atoms with Crippen LogP contribution < -0.4 is 10.1 Å². The Balaban J connectivity index is 2.70. The zero-order valence-corrected chi connectivity index (χ0v) is 10.4. The zero-order chi connectivity index (χ0) is 14.3. The normalized spacial score (nSPS) is 11.5. The maximum Gasteiger partial charge on any atom is 0.387 e. The Labute approximate surface area is 109 Å². The number of hydrogen-bond acceptors (Lipinski definition) is 3. The zero-order valence-electron chi connectivity index (χ0n) is 10.4. The largest absolute Gasteiger partial charge is 0.478 e. The summed E-state index contributed by atoms with van der Waals surface area (Å²) in [5.41, 5.74) is 0.652. The van der Waals surface area contributed by atoms with E-state index in [0.29, 0.717) is 12.1 Å². The van der Waals surface area contributed by atoms with Crippen molar-refractivity contribution in [2.24, 2.45) is 0 Å². The van der Waals surface area contributed by atoms with E-state index in [1.165, 1.54) is 12.1 Å². The van der Waals surface area contributed by atoms with Crippen LogP contribution in [-0.2, 0) is 4.79 Å². The van der Waals surface area contributed by atoms with Gasteiger partial charge < -0.3 is 15.2 Å². The van der Waals surface area contributed by atoms with E-state index >= 15 is 0 Å². The number of anilines is 1. The van der Waals surface area contributed by atoms with E-state index in [0.717, 1.165) is 0 Å². The van der Waals surface area contributed by atoms with E-state index in [4.69, 9.17) is 5.11 Å². The number of rotatable bonds is 7. The first kappa shape index (κ1) is 14.9. The van der Waals surface area contributed by atoms with Gasteiger partial charge in [0, 0.05) is 12.1 Å². The maximum absolute atomic E-state index is 12.2. The van der Waals surface area contributed by atoms with Crippen LogP contribution in [0.5, 0.6) is 5.75 Å². The molecular weight excluding hydrogens is 256 g/mol. The summed E-state index contributed by atoms with van der Waals surface area (Å²) in [5, 5.41) is 11.7. The van der Waals surface area contributed by atoms with E-state index in [-0.39, 0.29) is 17.9 Å². The number of carbonyl (C=O) groups is 1. The second-order valence-corrected chi connectivity index (χ2v) is 3.64. The maximum atomic E-state index is 12.2. The molecule has 0 amide bonds. The van der Waals surface area contributed by atoms with Crippen molar-refractivity contribution in [1.29, 1.82) is 0 Å². The summed E-state index contributed by atoms with van der Waals surface area (Å²) in [6.45, 7) is -0.948. The van der Waals surface area contributed by atoms with Gasteiger partial charge in [0.1, 0.15) is 5.75 Å². The molecule has 0 aliphatic heterocycles. The fourth-order valence-corrected chi connectivity index (χ4v) is 1.48. The van der Waals surface area contributed by atoms with Gasteiger partial charge in [0.25, 0.3) is 0 Å². The number of carboxylic acid groups (broad SMARTS) is 1. The van der Waals surface area contributed by atoms with E-state index in [1.807, 2.05) is 0 Å². The molecule has 1 aromatic rings. The molecule has 1 aromatic carbocycles. The number of carboxylic acids is 1. The summed E-state index contributed by atoms with van der Waals surface area (Å²) < 4.78 is 28.7. The molecule has 0 unspecified atom stereocenters. The SMILES string of the molecule is CC/C(=C/CNc1ccccc1OC(F)F)C(=O)O. The van der Waals surface area contributed by atoms with Crippen LogP contribution in [0.25, 0.3) is 0 Å². The third-order valence-electron chi connectivity index (χ3n) is 2.40. The van der Waals surface area contributed by atoms with Crippen LogP contribution in [0.15, 0.2) is 35.9 Å². The summed E-state index contributed by atoms with van der Waals surface area (Å²) in [6, 6.07) is 6.24. The Bertz CT molecular complexity index is 461. The molecule has 0 radical (unpaired) electrons. The monoisotopic (exact) mass is 271 g/mol. The first-order valence-corrected chi connectivity index (χ1v) is 5.74. The van der Waals surface area contributed by atoms with Gasteiger partial charge in [-0.3, -0.25) is 0 Å². The van der Waals surface area contributed by atoms with E-state index in [2.05, 4.69) is 10.1 Å². The minimum absolute atomic E-state index is 0.0271. The van der Waals surface area contributed by atoms with Gasteiger partial charge in [0.2, 0.25) is 0 Å². The van der Waals surface area contributed by atoms with Crippen molar-refractivity contribution in [2.75, 3.05) is 11.9 Å². The number of benzene rings is 1. The molecule has 0 saturated heterocycles. The number of alkyl halides is 2. The summed E-state index contributed by atoms with van der Waals surface area (Å²) in [5.74, 6) is -0.958.